The molecule has 1 fully saturated rings. The van der Waals surface area contributed by atoms with E-state index in [0.717, 1.165) is 19.0 Å². The van der Waals surface area contributed by atoms with E-state index in [1.807, 2.05) is 0 Å². The Kier molecular flexibility index (Phi) is 5.24. The molecule has 16 heavy (non-hydrogen) atoms. The normalized spacial score (nSPS) is 29.0. The molecule has 3 heteroatoms. The molecule has 0 spiro atoms. The van der Waals surface area contributed by atoms with Gasteiger partial charge in [-0.2, -0.15) is 5.26 Å². The molecular weight excluding hydrogens is 198 g/mol. The summed E-state index contributed by atoms with van der Waals surface area (Å²) in [6, 6.07) is 3.32. The zero-order valence-corrected chi connectivity index (χ0v) is 11.0. The second kappa shape index (κ2) is 6.22. The highest BCUT2D eigenvalue weighted by atomic mass is 15.2. The number of hydrogen-bond donors (Lipinski definition) is 1. The molecule has 1 N–H and O–H groups in total. The monoisotopic (exact) mass is 223 g/mol. The van der Waals surface area contributed by atoms with Crippen molar-refractivity contribution in [2.75, 3.05) is 13.1 Å². The lowest BCUT2D eigenvalue weighted by molar-refractivity contribution is 0.107. The van der Waals surface area contributed by atoms with E-state index in [1.165, 1.54) is 12.8 Å². The quantitative estimate of drug-likeness (QED) is 0.792. The first-order chi connectivity index (χ1) is 7.54. The summed E-state index contributed by atoms with van der Waals surface area (Å²) < 4.78 is 0. The second-order valence-electron chi connectivity index (χ2n) is 5.36. The molecule has 0 saturated carbocycles. The minimum Gasteiger partial charge on any atom is -0.299 e. The highest BCUT2D eigenvalue weighted by Gasteiger charge is 2.26. The van der Waals surface area contributed by atoms with Crippen molar-refractivity contribution in [3.05, 3.63) is 0 Å². The van der Waals surface area contributed by atoms with E-state index in [0.29, 0.717) is 12.1 Å². The van der Waals surface area contributed by atoms with E-state index in [9.17, 15) is 0 Å². The van der Waals surface area contributed by atoms with Crippen LogP contribution in [0.1, 0.15) is 40.5 Å². The van der Waals surface area contributed by atoms with Gasteiger partial charge >= 0.3 is 0 Å². The van der Waals surface area contributed by atoms with Crippen LogP contribution in [0.15, 0.2) is 0 Å². The summed E-state index contributed by atoms with van der Waals surface area (Å²) in [5.41, 5.74) is 0. The van der Waals surface area contributed by atoms with Crippen LogP contribution < -0.4 is 5.32 Å². The lowest BCUT2D eigenvalue weighted by Crippen LogP contribution is -2.49. The molecule has 0 aliphatic carbocycles. The molecule has 92 valence electrons. The van der Waals surface area contributed by atoms with Gasteiger partial charge in [0.15, 0.2) is 0 Å². The van der Waals surface area contributed by atoms with E-state index >= 15 is 0 Å². The van der Waals surface area contributed by atoms with Gasteiger partial charge in [-0.1, -0.05) is 6.92 Å². The Balaban J connectivity index is 2.48. The summed E-state index contributed by atoms with van der Waals surface area (Å²) in [6.07, 6.45) is 2.60. The predicted octanol–water partition coefficient (Wildman–Crippen LogP) is 2.00. The third-order valence-electron chi connectivity index (χ3n) is 3.61. The first kappa shape index (κ1) is 13.5. The molecule has 1 aliphatic heterocycles. The highest BCUT2D eigenvalue weighted by Crippen LogP contribution is 2.22. The van der Waals surface area contributed by atoms with Gasteiger partial charge in [-0.05, 0) is 46.1 Å². The topological polar surface area (TPSA) is 39.1 Å². The van der Waals surface area contributed by atoms with Crippen molar-refractivity contribution < 1.29 is 0 Å². The van der Waals surface area contributed by atoms with Crippen LogP contribution >= 0.6 is 0 Å². The van der Waals surface area contributed by atoms with Crippen LogP contribution in [0.2, 0.25) is 0 Å². The summed E-state index contributed by atoms with van der Waals surface area (Å²) in [4.78, 5) is 2.46. The van der Waals surface area contributed by atoms with Crippen LogP contribution in [0.3, 0.4) is 0 Å². The first-order valence-electron chi connectivity index (χ1n) is 6.44. The molecule has 0 bridgehead atoms. The second-order valence-corrected chi connectivity index (χ2v) is 5.36. The third kappa shape index (κ3) is 3.77. The van der Waals surface area contributed by atoms with Crippen LogP contribution in [-0.2, 0) is 0 Å². The molecule has 3 atom stereocenters. The molecule has 1 saturated heterocycles. The molecule has 3 nitrogen and oxygen atoms in total. The molecule has 1 heterocycles. The fourth-order valence-corrected chi connectivity index (χ4v) is 2.45. The van der Waals surface area contributed by atoms with Gasteiger partial charge in [-0.25, -0.2) is 0 Å². The fraction of sp³-hybridized carbons (Fsp3) is 0.923. The molecular formula is C13H25N3. The Hall–Kier alpha value is -0.590. The van der Waals surface area contributed by atoms with Crippen molar-refractivity contribution in [1.82, 2.24) is 10.2 Å². The van der Waals surface area contributed by atoms with Gasteiger partial charge in [0.05, 0.1) is 6.07 Å². The van der Waals surface area contributed by atoms with Crippen molar-refractivity contribution in [3.63, 3.8) is 0 Å². The van der Waals surface area contributed by atoms with Crippen molar-refractivity contribution in [2.45, 2.75) is 58.7 Å². The number of nitriles is 1. The summed E-state index contributed by atoms with van der Waals surface area (Å²) >= 11 is 0. The van der Waals surface area contributed by atoms with E-state index in [4.69, 9.17) is 5.26 Å². The molecule has 1 aliphatic rings. The van der Waals surface area contributed by atoms with Gasteiger partial charge < -0.3 is 0 Å². The Bertz CT molecular complexity index is 244. The molecule has 3 unspecified atom stereocenters. The van der Waals surface area contributed by atoms with Gasteiger partial charge in [-0.15, -0.1) is 0 Å². The number of nitrogens with one attached hydrogen (secondary N) is 1. The van der Waals surface area contributed by atoms with Crippen molar-refractivity contribution in [2.24, 2.45) is 5.92 Å². The maximum absolute atomic E-state index is 9.12. The molecule has 1 rings (SSSR count). The van der Waals surface area contributed by atoms with Gasteiger partial charge in [-0.3, -0.25) is 10.2 Å². The van der Waals surface area contributed by atoms with Crippen LogP contribution in [0.25, 0.3) is 0 Å². The molecule has 0 radical (unpaired) electrons. The van der Waals surface area contributed by atoms with E-state index in [2.05, 4.69) is 44.0 Å². The van der Waals surface area contributed by atoms with Crippen LogP contribution in [-0.4, -0.2) is 36.1 Å². The Labute approximate surface area is 99.8 Å². The Morgan fingerprint density at radius 1 is 1.44 bits per heavy atom. The third-order valence-corrected chi connectivity index (χ3v) is 3.61. The number of nitrogens with zero attached hydrogens (tertiary/aromatic N) is 2. The van der Waals surface area contributed by atoms with Gasteiger partial charge in [0, 0.05) is 18.6 Å². The van der Waals surface area contributed by atoms with Crippen LogP contribution in [0.5, 0.6) is 0 Å². The maximum Gasteiger partial charge on any atom is 0.108 e. The zero-order valence-electron chi connectivity index (χ0n) is 11.0. The van der Waals surface area contributed by atoms with Crippen molar-refractivity contribution >= 4 is 0 Å². The van der Waals surface area contributed by atoms with Crippen molar-refractivity contribution in [3.8, 4) is 6.07 Å². The van der Waals surface area contributed by atoms with Gasteiger partial charge in [0.2, 0.25) is 0 Å². The van der Waals surface area contributed by atoms with E-state index < -0.39 is 0 Å². The predicted molar refractivity (Wildman–Crippen MR) is 67.1 cm³/mol. The lowest BCUT2D eigenvalue weighted by atomic mass is 9.92. The maximum atomic E-state index is 9.12. The SMILES string of the molecule is CC(C)NC(C#N)CN1CCCC(C)C1C. The van der Waals surface area contributed by atoms with Crippen molar-refractivity contribution in [1.29, 1.82) is 5.26 Å². The average molecular weight is 223 g/mol. The summed E-state index contributed by atoms with van der Waals surface area (Å²) in [5, 5.41) is 12.4. The fourth-order valence-electron chi connectivity index (χ4n) is 2.45. The number of likely N-dealkylation sites (tertiary alicyclic amines) is 1. The van der Waals surface area contributed by atoms with E-state index in [1.54, 1.807) is 0 Å². The minimum atomic E-state index is -0.0345. The summed E-state index contributed by atoms with van der Waals surface area (Å²) in [7, 11) is 0. The lowest BCUT2D eigenvalue weighted by Gasteiger charge is -2.39. The largest absolute Gasteiger partial charge is 0.299 e. The number of hydrogen-bond acceptors (Lipinski definition) is 3. The van der Waals surface area contributed by atoms with Crippen LogP contribution in [0.4, 0.5) is 0 Å². The molecule has 0 aromatic heterocycles. The first-order valence-corrected chi connectivity index (χ1v) is 6.44. The summed E-state index contributed by atoms with van der Waals surface area (Å²) in [6.45, 7) is 10.8. The Morgan fingerprint density at radius 3 is 2.69 bits per heavy atom. The smallest absolute Gasteiger partial charge is 0.108 e. The standard InChI is InChI=1S/C13H25N3/c1-10(2)15-13(8-14)9-16-7-5-6-11(3)12(16)4/h10-13,15H,5-7,9H2,1-4H3. The minimum absolute atomic E-state index is 0.0345. The average Bonchev–Trinajstić information content (AvgIpc) is 2.23. The van der Waals surface area contributed by atoms with Gasteiger partial charge in [0.25, 0.3) is 0 Å². The zero-order chi connectivity index (χ0) is 12.1. The van der Waals surface area contributed by atoms with E-state index in [-0.39, 0.29) is 6.04 Å². The highest BCUT2D eigenvalue weighted by molar-refractivity contribution is 4.94. The molecule has 0 amide bonds. The number of piperidine rings is 1. The molecule has 0 aromatic rings. The molecule has 0 aromatic carbocycles. The van der Waals surface area contributed by atoms with Crippen LogP contribution in [0, 0.1) is 17.2 Å². The van der Waals surface area contributed by atoms with Gasteiger partial charge in [0.1, 0.15) is 6.04 Å². The Morgan fingerprint density at radius 2 is 2.12 bits per heavy atom. The summed E-state index contributed by atoms with van der Waals surface area (Å²) in [5.74, 6) is 0.757. The number of rotatable bonds is 4.